The van der Waals surface area contributed by atoms with Gasteiger partial charge in [0, 0.05) is 16.7 Å². The predicted molar refractivity (Wildman–Crippen MR) is 54.4 cm³/mol. The van der Waals surface area contributed by atoms with Crippen molar-refractivity contribution in [3.8, 4) is 0 Å². The third-order valence-corrected chi connectivity index (χ3v) is 3.08. The molecule has 1 aliphatic rings. The first kappa shape index (κ1) is 9.32. The maximum atomic E-state index is 8.91. The highest BCUT2D eigenvalue weighted by Gasteiger charge is 2.38. The van der Waals surface area contributed by atoms with Crippen molar-refractivity contribution in [1.29, 1.82) is 0 Å². The molecule has 0 aromatic heterocycles. The summed E-state index contributed by atoms with van der Waals surface area (Å²) in [5.74, 6) is 0.841. The molecule has 0 radical (unpaired) electrons. The standard InChI is InChI=1S/C10H10Cl2O/c11-7-1-2-8(10(12)4-7)9-3-6(9)5-13/h1-2,4,6,9,13H,3,5H2/t6-,9-/m1/s1. The molecule has 70 valence electrons. The fraction of sp³-hybridized carbons (Fsp3) is 0.400. The fourth-order valence-electron chi connectivity index (χ4n) is 1.63. The summed E-state index contributed by atoms with van der Waals surface area (Å²) in [5, 5.41) is 10.3. The van der Waals surface area contributed by atoms with Crippen LogP contribution in [-0.4, -0.2) is 11.7 Å². The first-order valence-electron chi connectivity index (χ1n) is 4.28. The molecule has 13 heavy (non-hydrogen) atoms. The number of aliphatic hydroxyl groups excluding tert-OH is 1. The lowest BCUT2D eigenvalue weighted by Crippen LogP contribution is -1.89. The number of rotatable bonds is 2. The van der Waals surface area contributed by atoms with Gasteiger partial charge in [0.25, 0.3) is 0 Å². The van der Waals surface area contributed by atoms with E-state index in [0.29, 0.717) is 21.9 Å². The average Bonchev–Trinajstić information content (AvgIpc) is 2.83. The van der Waals surface area contributed by atoms with E-state index in [0.717, 1.165) is 12.0 Å². The Morgan fingerprint density at radius 2 is 2.15 bits per heavy atom. The van der Waals surface area contributed by atoms with Gasteiger partial charge >= 0.3 is 0 Å². The van der Waals surface area contributed by atoms with Gasteiger partial charge in [0.2, 0.25) is 0 Å². The molecule has 0 heterocycles. The average molecular weight is 217 g/mol. The maximum Gasteiger partial charge on any atom is 0.0465 e. The van der Waals surface area contributed by atoms with Crippen LogP contribution in [0.5, 0.6) is 0 Å². The van der Waals surface area contributed by atoms with Gasteiger partial charge in [-0.3, -0.25) is 0 Å². The Bertz CT molecular complexity index is 325. The fourth-order valence-corrected chi connectivity index (χ4v) is 2.18. The Balaban J connectivity index is 2.22. The van der Waals surface area contributed by atoms with Crippen molar-refractivity contribution in [1.82, 2.24) is 0 Å². The minimum absolute atomic E-state index is 0.254. The summed E-state index contributed by atoms with van der Waals surface area (Å²) in [5.41, 5.74) is 1.12. The molecule has 0 spiro atoms. The van der Waals surface area contributed by atoms with E-state index < -0.39 is 0 Å². The minimum Gasteiger partial charge on any atom is -0.396 e. The van der Waals surface area contributed by atoms with Crippen molar-refractivity contribution in [2.45, 2.75) is 12.3 Å². The lowest BCUT2D eigenvalue weighted by Gasteiger charge is -2.02. The first-order chi connectivity index (χ1) is 6.22. The van der Waals surface area contributed by atoms with Crippen LogP contribution in [0.15, 0.2) is 18.2 Å². The van der Waals surface area contributed by atoms with Crippen LogP contribution in [0, 0.1) is 5.92 Å². The zero-order chi connectivity index (χ0) is 9.42. The topological polar surface area (TPSA) is 20.2 Å². The van der Waals surface area contributed by atoms with E-state index in [1.54, 1.807) is 6.07 Å². The van der Waals surface area contributed by atoms with E-state index >= 15 is 0 Å². The third-order valence-electron chi connectivity index (χ3n) is 2.52. The second-order valence-electron chi connectivity index (χ2n) is 3.45. The summed E-state index contributed by atoms with van der Waals surface area (Å²) < 4.78 is 0. The molecule has 1 nitrogen and oxygen atoms in total. The molecule has 2 rings (SSSR count). The van der Waals surface area contributed by atoms with Crippen molar-refractivity contribution in [3.63, 3.8) is 0 Å². The van der Waals surface area contributed by atoms with E-state index in [-0.39, 0.29) is 6.61 Å². The lowest BCUT2D eigenvalue weighted by atomic mass is 10.1. The molecule has 1 aromatic rings. The Kier molecular flexibility index (Phi) is 2.50. The van der Waals surface area contributed by atoms with Crippen molar-refractivity contribution < 1.29 is 5.11 Å². The molecule has 0 aliphatic heterocycles. The summed E-state index contributed by atoms with van der Waals surface area (Å²) in [6, 6.07) is 5.55. The quantitative estimate of drug-likeness (QED) is 0.806. The monoisotopic (exact) mass is 216 g/mol. The van der Waals surface area contributed by atoms with Gasteiger partial charge in [0.1, 0.15) is 0 Å². The molecular formula is C10H10Cl2O. The second kappa shape index (κ2) is 3.49. The number of hydrogen-bond donors (Lipinski definition) is 1. The number of hydrogen-bond acceptors (Lipinski definition) is 1. The predicted octanol–water partition coefficient (Wildman–Crippen LogP) is 3.09. The van der Waals surface area contributed by atoms with Gasteiger partial charge in [-0.25, -0.2) is 0 Å². The van der Waals surface area contributed by atoms with Gasteiger partial charge in [-0.15, -0.1) is 0 Å². The molecule has 0 amide bonds. The summed E-state index contributed by atoms with van der Waals surface area (Å²) in [6.07, 6.45) is 1.04. The highest BCUT2D eigenvalue weighted by Crippen LogP contribution is 2.49. The Hall–Kier alpha value is -0.240. The van der Waals surface area contributed by atoms with E-state index in [1.807, 2.05) is 12.1 Å². The van der Waals surface area contributed by atoms with Crippen LogP contribution < -0.4 is 0 Å². The van der Waals surface area contributed by atoms with Crippen LogP contribution >= 0.6 is 23.2 Å². The highest BCUT2D eigenvalue weighted by molar-refractivity contribution is 6.35. The Labute approximate surface area is 87.3 Å². The normalized spacial score (nSPS) is 26.1. The molecule has 1 aromatic carbocycles. The summed E-state index contributed by atoms with van der Waals surface area (Å²) >= 11 is 11.8. The number of benzene rings is 1. The van der Waals surface area contributed by atoms with Crippen LogP contribution in [0.25, 0.3) is 0 Å². The number of halogens is 2. The molecule has 1 fully saturated rings. The first-order valence-corrected chi connectivity index (χ1v) is 5.03. The maximum absolute atomic E-state index is 8.91. The molecule has 2 atom stereocenters. The zero-order valence-electron chi connectivity index (χ0n) is 7.00. The van der Waals surface area contributed by atoms with E-state index in [4.69, 9.17) is 28.3 Å². The second-order valence-corrected chi connectivity index (χ2v) is 4.29. The van der Waals surface area contributed by atoms with Gasteiger partial charge in [-0.1, -0.05) is 29.3 Å². The minimum atomic E-state index is 0.254. The van der Waals surface area contributed by atoms with Crippen molar-refractivity contribution >= 4 is 23.2 Å². The van der Waals surface area contributed by atoms with Crippen LogP contribution in [0.2, 0.25) is 10.0 Å². The largest absolute Gasteiger partial charge is 0.396 e. The van der Waals surface area contributed by atoms with Crippen molar-refractivity contribution in [3.05, 3.63) is 33.8 Å². The molecular weight excluding hydrogens is 207 g/mol. The molecule has 3 heteroatoms. The van der Waals surface area contributed by atoms with Crippen LogP contribution in [0.3, 0.4) is 0 Å². The van der Waals surface area contributed by atoms with Gasteiger partial charge in [-0.2, -0.15) is 0 Å². The Morgan fingerprint density at radius 3 is 2.69 bits per heavy atom. The highest BCUT2D eigenvalue weighted by atomic mass is 35.5. The van der Waals surface area contributed by atoms with E-state index in [2.05, 4.69) is 0 Å². The summed E-state index contributed by atoms with van der Waals surface area (Å²) in [6.45, 7) is 0.254. The zero-order valence-corrected chi connectivity index (χ0v) is 8.52. The van der Waals surface area contributed by atoms with Crippen LogP contribution in [0.1, 0.15) is 17.9 Å². The van der Waals surface area contributed by atoms with Crippen molar-refractivity contribution in [2.75, 3.05) is 6.61 Å². The third kappa shape index (κ3) is 1.83. The van der Waals surface area contributed by atoms with Crippen LogP contribution in [0.4, 0.5) is 0 Å². The smallest absolute Gasteiger partial charge is 0.0465 e. The summed E-state index contributed by atoms with van der Waals surface area (Å²) in [4.78, 5) is 0. The molecule has 1 aliphatic carbocycles. The molecule has 1 saturated carbocycles. The molecule has 0 unspecified atom stereocenters. The summed E-state index contributed by atoms with van der Waals surface area (Å²) in [7, 11) is 0. The SMILES string of the molecule is OC[C@H]1C[C@H]1c1ccc(Cl)cc1Cl. The Morgan fingerprint density at radius 1 is 1.38 bits per heavy atom. The van der Waals surface area contributed by atoms with Gasteiger partial charge in [0.05, 0.1) is 0 Å². The van der Waals surface area contributed by atoms with E-state index in [1.165, 1.54) is 0 Å². The van der Waals surface area contributed by atoms with E-state index in [9.17, 15) is 0 Å². The number of aliphatic hydroxyl groups is 1. The molecule has 0 saturated heterocycles. The lowest BCUT2D eigenvalue weighted by molar-refractivity contribution is 0.274. The molecule has 1 N–H and O–H groups in total. The van der Waals surface area contributed by atoms with Gasteiger partial charge in [0.15, 0.2) is 0 Å². The molecule has 0 bridgehead atoms. The van der Waals surface area contributed by atoms with Crippen LogP contribution in [-0.2, 0) is 0 Å². The van der Waals surface area contributed by atoms with Crippen molar-refractivity contribution in [2.24, 2.45) is 5.92 Å². The van der Waals surface area contributed by atoms with Gasteiger partial charge in [-0.05, 0) is 36.0 Å². The van der Waals surface area contributed by atoms with Gasteiger partial charge < -0.3 is 5.11 Å².